The Morgan fingerprint density at radius 1 is 1.16 bits per heavy atom. The maximum absolute atomic E-state index is 10.3. The lowest BCUT2D eigenvalue weighted by Gasteiger charge is -2.17. The molecule has 0 atom stereocenters. The van der Waals surface area contributed by atoms with E-state index in [0.717, 1.165) is 12.8 Å². The largest absolute Gasteiger partial charge is 0.463 e. The summed E-state index contributed by atoms with van der Waals surface area (Å²) in [6, 6.07) is 0. The summed E-state index contributed by atoms with van der Waals surface area (Å²) in [7, 11) is 0. The maximum atomic E-state index is 10.3. The Hall–Kier alpha value is -0.950. The van der Waals surface area contributed by atoms with E-state index in [2.05, 4.69) is 11.3 Å². The second-order valence-electron chi connectivity index (χ2n) is 3.74. The first-order valence-corrected chi connectivity index (χ1v) is 6.50. The molecule has 0 rings (SSSR count). The summed E-state index contributed by atoms with van der Waals surface area (Å²) >= 11 is 0. The first kappa shape index (κ1) is 20.4. The van der Waals surface area contributed by atoms with Gasteiger partial charge in [0.15, 0.2) is 0 Å². The average Bonchev–Trinajstić information content (AvgIpc) is 2.40. The molecule has 3 N–H and O–H groups in total. The number of esters is 1. The molecule has 6 nitrogen and oxygen atoms in total. The Morgan fingerprint density at radius 2 is 1.63 bits per heavy atom. The molecule has 0 bridgehead atoms. The number of carbonyl (C=O) groups is 1. The minimum Gasteiger partial charge on any atom is -0.463 e. The van der Waals surface area contributed by atoms with Crippen molar-refractivity contribution in [2.75, 3.05) is 46.1 Å². The molecule has 0 amide bonds. The molecule has 0 unspecified atom stereocenters. The molecule has 0 heterocycles. The topological polar surface area (TPSA) is 90.2 Å². The fourth-order valence-corrected chi connectivity index (χ4v) is 1.14. The highest BCUT2D eigenvalue weighted by atomic mass is 16.5. The van der Waals surface area contributed by atoms with E-state index in [1.165, 1.54) is 6.08 Å². The van der Waals surface area contributed by atoms with E-state index < -0.39 is 0 Å². The molecular weight excluding hydrogens is 250 g/mol. The first-order valence-electron chi connectivity index (χ1n) is 6.50. The van der Waals surface area contributed by atoms with Gasteiger partial charge in [-0.1, -0.05) is 19.9 Å². The number of ether oxygens (including phenoxy) is 1. The zero-order chi connectivity index (χ0) is 14.9. The molecule has 0 fully saturated rings. The molecule has 114 valence electrons. The average molecular weight is 277 g/mol. The number of rotatable bonds is 10. The third kappa shape index (κ3) is 17.1. The van der Waals surface area contributed by atoms with E-state index in [1.54, 1.807) is 4.90 Å². The Balaban J connectivity index is 0. The van der Waals surface area contributed by atoms with Gasteiger partial charge in [0.05, 0.1) is 26.4 Å². The van der Waals surface area contributed by atoms with Crippen molar-refractivity contribution in [3.05, 3.63) is 12.7 Å². The fraction of sp³-hybridized carbons (Fsp3) is 0.769. The quantitative estimate of drug-likeness (QED) is 0.291. The molecule has 0 aromatic carbocycles. The fourth-order valence-electron chi connectivity index (χ4n) is 1.14. The lowest BCUT2D eigenvalue weighted by Crippen LogP contribution is -2.32. The Bertz CT molecular complexity index is 197. The van der Waals surface area contributed by atoms with Crippen molar-refractivity contribution in [2.24, 2.45) is 0 Å². The van der Waals surface area contributed by atoms with Crippen LogP contribution in [0.25, 0.3) is 0 Å². The minimum atomic E-state index is -0.330. The zero-order valence-electron chi connectivity index (χ0n) is 11.8. The highest BCUT2D eigenvalue weighted by molar-refractivity contribution is 5.81. The van der Waals surface area contributed by atoms with E-state index in [1.807, 2.05) is 6.92 Å². The molecule has 0 aliphatic carbocycles. The highest BCUT2D eigenvalue weighted by Gasteiger charge is 2.00. The Morgan fingerprint density at radius 3 is 1.95 bits per heavy atom. The van der Waals surface area contributed by atoms with E-state index >= 15 is 0 Å². The van der Waals surface area contributed by atoms with Crippen LogP contribution in [0.5, 0.6) is 0 Å². The van der Waals surface area contributed by atoms with Gasteiger partial charge in [0.2, 0.25) is 0 Å². The van der Waals surface area contributed by atoms with Crippen LogP contribution in [0.15, 0.2) is 12.7 Å². The highest BCUT2D eigenvalue weighted by Crippen LogP contribution is 1.88. The van der Waals surface area contributed by atoms with Gasteiger partial charge in [-0.25, -0.2) is 4.79 Å². The molecule has 0 saturated heterocycles. The van der Waals surface area contributed by atoms with Crippen LogP contribution >= 0.6 is 0 Å². The summed E-state index contributed by atoms with van der Waals surface area (Å²) in [6.45, 7) is 7.58. The molecule has 0 aliphatic rings. The van der Waals surface area contributed by atoms with E-state index in [0.29, 0.717) is 26.2 Å². The number of nitrogens with zero attached hydrogens (tertiary/aromatic N) is 1. The normalized spacial score (nSPS) is 9.74. The molecule has 0 aliphatic heterocycles. The first-order chi connectivity index (χ1) is 9.15. The Labute approximate surface area is 115 Å². The van der Waals surface area contributed by atoms with Crippen LogP contribution < -0.4 is 0 Å². The van der Waals surface area contributed by atoms with Crippen LogP contribution in [-0.2, 0) is 9.53 Å². The maximum Gasteiger partial charge on any atom is 0.330 e. The van der Waals surface area contributed by atoms with Crippen molar-refractivity contribution in [2.45, 2.75) is 19.8 Å². The third-order valence-corrected chi connectivity index (χ3v) is 2.16. The number of aliphatic hydroxyl groups is 3. The molecule has 19 heavy (non-hydrogen) atoms. The molecule has 0 spiro atoms. The van der Waals surface area contributed by atoms with Gasteiger partial charge in [0.25, 0.3) is 0 Å². The van der Waals surface area contributed by atoms with Gasteiger partial charge in [0, 0.05) is 25.7 Å². The van der Waals surface area contributed by atoms with Crippen LogP contribution in [0.1, 0.15) is 19.8 Å². The van der Waals surface area contributed by atoms with Gasteiger partial charge in [-0.3, -0.25) is 4.90 Å². The number of hydrogen-bond donors (Lipinski definition) is 3. The summed E-state index contributed by atoms with van der Waals surface area (Å²) in [5.74, 6) is -0.330. The second-order valence-corrected chi connectivity index (χ2v) is 3.74. The van der Waals surface area contributed by atoms with Crippen molar-refractivity contribution in [1.82, 2.24) is 4.90 Å². The summed E-state index contributed by atoms with van der Waals surface area (Å²) in [5, 5.41) is 25.5. The van der Waals surface area contributed by atoms with Crippen LogP contribution in [0.2, 0.25) is 0 Å². The number of hydrogen-bond acceptors (Lipinski definition) is 6. The van der Waals surface area contributed by atoms with Crippen molar-refractivity contribution in [3.8, 4) is 0 Å². The SMILES string of the molecule is C=CC(=O)OCCCC.OCCN(CCO)CCO. The summed E-state index contributed by atoms with van der Waals surface area (Å²) in [4.78, 5) is 12.1. The molecule has 0 aromatic heterocycles. The lowest BCUT2D eigenvalue weighted by atomic mass is 10.4. The van der Waals surface area contributed by atoms with Crippen molar-refractivity contribution >= 4 is 5.97 Å². The van der Waals surface area contributed by atoms with Gasteiger partial charge in [-0.05, 0) is 6.42 Å². The number of unbranched alkanes of at least 4 members (excludes halogenated alkanes) is 1. The smallest absolute Gasteiger partial charge is 0.330 e. The molecule has 0 aromatic rings. The van der Waals surface area contributed by atoms with Gasteiger partial charge in [-0.2, -0.15) is 0 Å². The zero-order valence-corrected chi connectivity index (χ0v) is 11.8. The predicted molar refractivity (Wildman–Crippen MR) is 73.8 cm³/mol. The minimum absolute atomic E-state index is 0.0694. The van der Waals surface area contributed by atoms with Gasteiger partial charge >= 0.3 is 5.97 Å². The van der Waals surface area contributed by atoms with E-state index in [4.69, 9.17) is 15.3 Å². The van der Waals surface area contributed by atoms with Crippen LogP contribution in [-0.4, -0.2) is 72.3 Å². The third-order valence-electron chi connectivity index (χ3n) is 2.16. The van der Waals surface area contributed by atoms with Gasteiger partial charge < -0.3 is 20.1 Å². The van der Waals surface area contributed by atoms with Crippen molar-refractivity contribution < 1.29 is 24.9 Å². The van der Waals surface area contributed by atoms with Gasteiger partial charge in [0.1, 0.15) is 0 Å². The van der Waals surface area contributed by atoms with Crippen molar-refractivity contribution in [3.63, 3.8) is 0 Å². The van der Waals surface area contributed by atoms with Gasteiger partial charge in [-0.15, -0.1) is 0 Å². The van der Waals surface area contributed by atoms with E-state index in [-0.39, 0.29) is 25.8 Å². The Kier molecular flexibility index (Phi) is 18.3. The monoisotopic (exact) mass is 277 g/mol. The number of carbonyl (C=O) groups excluding carboxylic acids is 1. The molecule has 0 radical (unpaired) electrons. The lowest BCUT2D eigenvalue weighted by molar-refractivity contribution is -0.137. The van der Waals surface area contributed by atoms with Crippen LogP contribution in [0.4, 0.5) is 0 Å². The summed E-state index contributed by atoms with van der Waals surface area (Å²) in [6.07, 6.45) is 3.15. The molecule has 6 heteroatoms. The van der Waals surface area contributed by atoms with Crippen LogP contribution in [0.3, 0.4) is 0 Å². The predicted octanol–water partition coefficient (Wildman–Crippen LogP) is -0.219. The summed E-state index contributed by atoms with van der Waals surface area (Å²) in [5.41, 5.74) is 0. The summed E-state index contributed by atoms with van der Waals surface area (Å²) < 4.78 is 4.67. The second kappa shape index (κ2) is 17.1. The van der Waals surface area contributed by atoms with Crippen LogP contribution in [0, 0.1) is 0 Å². The van der Waals surface area contributed by atoms with E-state index in [9.17, 15) is 4.79 Å². The molecule has 0 saturated carbocycles. The number of aliphatic hydroxyl groups excluding tert-OH is 3. The molecular formula is C13H27NO5. The van der Waals surface area contributed by atoms with Crippen molar-refractivity contribution in [1.29, 1.82) is 0 Å². The standard InChI is InChI=1S/C7H12O2.C6H15NO3/c1-3-5-6-9-7(8)4-2;8-4-1-7(2-5-9)3-6-10/h4H,2-3,5-6H2,1H3;8-10H,1-6H2.